The molecule has 16 heavy (non-hydrogen) atoms. The molecule has 2 nitrogen and oxygen atoms in total. The topological polar surface area (TPSA) is 26.3 Å². The van der Waals surface area contributed by atoms with Crippen molar-refractivity contribution >= 4 is 17.1 Å². The number of aryl methyl sites for hydroxylation is 1. The van der Waals surface area contributed by atoms with Crippen LogP contribution in [0.5, 0.6) is 5.75 Å². The van der Waals surface area contributed by atoms with Gasteiger partial charge in [-0.1, -0.05) is 11.6 Å². The first kappa shape index (κ1) is 9.60. The summed E-state index contributed by atoms with van der Waals surface area (Å²) in [5.74, 6) is 0.778. The van der Waals surface area contributed by atoms with Crippen LogP contribution < -0.4 is 4.74 Å². The summed E-state index contributed by atoms with van der Waals surface area (Å²) in [5, 5.41) is 1.94. The van der Waals surface area contributed by atoms with Crippen LogP contribution in [0.15, 0.2) is 29.6 Å². The third-order valence-corrected chi connectivity index (χ3v) is 3.67. The van der Waals surface area contributed by atoms with E-state index >= 15 is 0 Å². The predicted molar refractivity (Wildman–Crippen MR) is 63.3 cm³/mol. The van der Waals surface area contributed by atoms with Crippen molar-refractivity contribution in [1.29, 1.82) is 0 Å². The lowest BCUT2D eigenvalue weighted by atomic mass is 10.0. The molecular formula is C13H10O2S. The molecule has 0 atom stereocenters. The number of benzene rings is 1. The van der Waals surface area contributed by atoms with E-state index in [1.165, 1.54) is 11.3 Å². The third kappa shape index (κ3) is 1.36. The number of rotatable bonds is 0. The van der Waals surface area contributed by atoms with Crippen molar-refractivity contribution < 1.29 is 9.53 Å². The lowest BCUT2D eigenvalue weighted by Crippen LogP contribution is -1.99. The minimum atomic E-state index is 0.0844. The Hall–Kier alpha value is -1.61. The van der Waals surface area contributed by atoms with Crippen molar-refractivity contribution in [3.63, 3.8) is 0 Å². The Bertz CT molecular complexity index is 569. The average molecular weight is 230 g/mol. The van der Waals surface area contributed by atoms with Crippen LogP contribution in [0.1, 0.15) is 26.4 Å². The SMILES string of the molecule is Cc1ccc2c(c1)C(=O)c1sccc1CO2. The highest BCUT2D eigenvalue weighted by atomic mass is 32.1. The average Bonchev–Trinajstić information content (AvgIpc) is 2.70. The van der Waals surface area contributed by atoms with Crippen LogP contribution in [0.2, 0.25) is 0 Å². The highest BCUT2D eigenvalue weighted by Crippen LogP contribution is 2.31. The first-order valence-corrected chi connectivity index (χ1v) is 5.98. The molecule has 0 saturated carbocycles. The van der Waals surface area contributed by atoms with E-state index in [0.717, 1.165) is 16.0 Å². The quantitative estimate of drug-likeness (QED) is 0.694. The number of carbonyl (C=O) groups excluding carboxylic acids is 1. The molecule has 1 aromatic carbocycles. The Morgan fingerprint density at radius 3 is 3.06 bits per heavy atom. The second kappa shape index (κ2) is 3.46. The third-order valence-electron chi connectivity index (χ3n) is 2.72. The number of ether oxygens (including phenoxy) is 1. The Morgan fingerprint density at radius 2 is 2.19 bits per heavy atom. The minimum Gasteiger partial charge on any atom is -0.488 e. The molecule has 1 aliphatic rings. The van der Waals surface area contributed by atoms with E-state index < -0.39 is 0 Å². The number of hydrogen-bond acceptors (Lipinski definition) is 3. The first-order chi connectivity index (χ1) is 7.75. The van der Waals surface area contributed by atoms with E-state index in [4.69, 9.17) is 4.74 Å². The van der Waals surface area contributed by atoms with Gasteiger partial charge in [0.2, 0.25) is 5.78 Å². The van der Waals surface area contributed by atoms with Crippen molar-refractivity contribution in [2.45, 2.75) is 13.5 Å². The maximum Gasteiger partial charge on any atom is 0.207 e. The van der Waals surface area contributed by atoms with E-state index in [0.29, 0.717) is 17.9 Å². The minimum absolute atomic E-state index is 0.0844. The lowest BCUT2D eigenvalue weighted by molar-refractivity contribution is 0.104. The molecule has 1 aliphatic heterocycles. The molecule has 0 spiro atoms. The monoisotopic (exact) mass is 230 g/mol. The van der Waals surface area contributed by atoms with E-state index in [-0.39, 0.29) is 5.78 Å². The van der Waals surface area contributed by atoms with Gasteiger partial charge in [0.25, 0.3) is 0 Å². The molecule has 1 aromatic heterocycles. The molecule has 2 heterocycles. The highest BCUT2D eigenvalue weighted by Gasteiger charge is 2.23. The molecule has 0 fully saturated rings. The van der Waals surface area contributed by atoms with Gasteiger partial charge in [0.05, 0.1) is 10.4 Å². The standard InChI is InChI=1S/C13H10O2S/c1-8-2-3-11-10(6-8)12(14)13-9(7-15-11)4-5-16-13/h2-6H,7H2,1H3. The second-order valence-corrected chi connectivity index (χ2v) is 4.81. The van der Waals surface area contributed by atoms with E-state index in [1.54, 1.807) is 0 Å². The van der Waals surface area contributed by atoms with Crippen molar-refractivity contribution in [1.82, 2.24) is 0 Å². The van der Waals surface area contributed by atoms with E-state index in [2.05, 4.69) is 0 Å². The summed E-state index contributed by atoms with van der Waals surface area (Å²) in [6.07, 6.45) is 0. The molecule has 0 radical (unpaired) electrons. The summed E-state index contributed by atoms with van der Waals surface area (Å²) in [6.45, 7) is 2.47. The van der Waals surface area contributed by atoms with Crippen LogP contribution in [0, 0.1) is 6.92 Å². The smallest absolute Gasteiger partial charge is 0.207 e. The number of carbonyl (C=O) groups is 1. The van der Waals surface area contributed by atoms with Gasteiger partial charge in [0.15, 0.2) is 0 Å². The maximum absolute atomic E-state index is 12.3. The number of fused-ring (bicyclic) bond motifs is 2. The summed E-state index contributed by atoms with van der Waals surface area (Å²) >= 11 is 1.49. The van der Waals surface area contributed by atoms with Gasteiger partial charge in [-0.15, -0.1) is 11.3 Å². The molecule has 0 N–H and O–H groups in total. The van der Waals surface area contributed by atoms with Gasteiger partial charge < -0.3 is 4.74 Å². The predicted octanol–water partition coefficient (Wildman–Crippen LogP) is 3.18. The number of thiophene rings is 1. The summed E-state index contributed by atoms with van der Waals surface area (Å²) in [4.78, 5) is 13.1. The molecule has 80 valence electrons. The van der Waals surface area contributed by atoms with Gasteiger partial charge in [-0.2, -0.15) is 0 Å². The van der Waals surface area contributed by atoms with Gasteiger partial charge in [0, 0.05) is 5.56 Å². The summed E-state index contributed by atoms with van der Waals surface area (Å²) in [6, 6.07) is 7.69. The van der Waals surface area contributed by atoms with Gasteiger partial charge in [-0.05, 0) is 30.5 Å². The van der Waals surface area contributed by atoms with Crippen molar-refractivity contribution in [3.8, 4) is 5.75 Å². The summed E-state index contributed by atoms with van der Waals surface area (Å²) < 4.78 is 5.64. The number of ketones is 1. The Labute approximate surface area is 97.5 Å². The van der Waals surface area contributed by atoms with E-state index in [1.807, 2.05) is 36.6 Å². The maximum atomic E-state index is 12.3. The molecule has 3 heteroatoms. The molecule has 2 aromatic rings. The number of hydrogen-bond donors (Lipinski definition) is 0. The largest absolute Gasteiger partial charge is 0.488 e. The fraction of sp³-hybridized carbons (Fsp3) is 0.154. The van der Waals surface area contributed by atoms with Crippen molar-refractivity contribution in [2.75, 3.05) is 0 Å². The normalized spacial score (nSPS) is 13.7. The second-order valence-electron chi connectivity index (χ2n) is 3.89. The van der Waals surface area contributed by atoms with Crippen LogP contribution in [0.25, 0.3) is 0 Å². The van der Waals surface area contributed by atoms with Crippen LogP contribution >= 0.6 is 11.3 Å². The van der Waals surface area contributed by atoms with Gasteiger partial charge in [0.1, 0.15) is 12.4 Å². The Morgan fingerprint density at radius 1 is 1.31 bits per heavy atom. The van der Waals surface area contributed by atoms with Crippen LogP contribution in [-0.2, 0) is 6.61 Å². The molecule has 0 unspecified atom stereocenters. The zero-order chi connectivity index (χ0) is 11.1. The molecule has 0 aliphatic carbocycles. The van der Waals surface area contributed by atoms with Crippen LogP contribution in [-0.4, -0.2) is 5.78 Å². The van der Waals surface area contributed by atoms with Crippen molar-refractivity contribution in [3.05, 3.63) is 51.2 Å². The van der Waals surface area contributed by atoms with Crippen LogP contribution in [0.4, 0.5) is 0 Å². The molecule has 0 bridgehead atoms. The first-order valence-electron chi connectivity index (χ1n) is 5.10. The van der Waals surface area contributed by atoms with Gasteiger partial charge in [-0.25, -0.2) is 0 Å². The van der Waals surface area contributed by atoms with Gasteiger partial charge in [-0.3, -0.25) is 4.79 Å². The highest BCUT2D eigenvalue weighted by molar-refractivity contribution is 7.12. The van der Waals surface area contributed by atoms with Gasteiger partial charge >= 0.3 is 0 Å². The molecular weight excluding hydrogens is 220 g/mol. The summed E-state index contributed by atoms with van der Waals surface area (Å²) in [7, 11) is 0. The van der Waals surface area contributed by atoms with Crippen molar-refractivity contribution in [2.24, 2.45) is 0 Å². The van der Waals surface area contributed by atoms with Crippen LogP contribution in [0.3, 0.4) is 0 Å². The van der Waals surface area contributed by atoms with E-state index in [9.17, 15) is 4.79 Å². The Balaban J connectivity index is 2.22. The fourth-order valence-corrected chi connectivity index (χ4v) is 2.74. The molecule has 0 saturated heterocycles. The Kier molecular flexibility index (Phi) is 2.07. The molecule has 3 rings (SSSR count). The fourth-order valence-electron chi connectivity index (χ4n) is 1.87. The molecule has 0 amide bonds. The summed E-state index contributed by atoms with van der Waals surface area (Å²) in [5.41, 5.74) is 2.75. The zero-order valence-electron chi connectivity index (χ0n) is 8.82. The lowest BCUT2D eigenvalue weighted by Gasteiger charge is -2.06. The zero-order valence-corrected chi connectivity index (χ0v) is 9.64.